The van der Waals surface area contributed by atoms with E-state index in [-0.39, 0.29) is 6.61 Å². The van der Waals surface area contributed by atoms with Crippen molar-refractivity contribution in [2.75, 3.05) is 6.61 Å². The number of hydrogen-bond donors (Lipinski definition) is 1. The van der Waals surface area contributed by atoms with Gasteiger partial charge in [-0.15, -0.1) is 0 Å². The number of aromatic nitrogens is 1. The Labute approximate surface area is 109 Å². The second-order valence-electron chi connectivity index (χ2n) is 4.44. The molecule has 0 aliphatic heterocycles. The lowest BCUT2D eigenvalue weighted by Crippen LogP contribution is -2.09. The van der Waals surface area contributed by atoms with Gasteiger partial charge in [-0.25, -0.2) is 4.79 Å². The summed E-state index contributed by atoms with van der Waals surface area (Å²) in [4.78, 5) is 10.5. The van der Waals surface area contributed by atoms with Gasteiger partial charge in [-0.2, -0.15) is 0 Å². The fraction of sp³-hybridized carbons (Fsp3) is 0.133. The zero-order chi connectivity index (χ0) is 13.4. The molecule has 4 heteroatoms. The predicted octanol–water partition coefficient (Wildman–Crippen LogP) is 2.79. The SMILES string of the molecule is Cn1c2ccccc2c2ccc(OCC(=O)O)cc21. The molecule has 0 saturated heterocycles. The number of para-hydroxylation sites is 1. The number of nitrogens with zero attached hydrogens (tertiary/aromatic N) is 1. The number of carbonyl (C=O) groups is 1. The van der Waals surface area contributed by atoms with Crippen molar-refractivity contribution in [3.05, 3.63) is 42.5 Å². The van der Waals surface area contributed by atoms with Gasteiger partial charge in [-0.1, -0.05) is 18.2 Å². The van der Waals surface area contributed by atoms with Crippen LogP contribution in [0.4, 0.5) is 0 Å². The molecule has 0 fully saturated rings. The van der Waals surface area contributed by atoms with Gasteiger partial charge in [-0.3, -0.25) is 0 Å². The number of ether oxygens (including phenoxy) is 1. The molecule has 0 unspecified atom stereocenters. The van der Waals surface area contributed by atoms with E-state index < -0.39 is 5.97 Å². The van der Waals surface area contributed by atoms with Crippen molar-refractivity contribution in [2.24, 2.45) is 7.05 Å². The fourth-order valence-corrected chi connectivity index (χ4v) is 2.38. The van der Waals surface area contributed by atoms with E-state index in [1.165, 1.54) is 5.39 Å². The Bertz CT molecular complexity index is 774. The number of benzene rings is 2. The molecule has 3 rings (SSSR count). The molecular weight excluding hydrogens is 242 g/mol. The summed E-state index contributed by atoms with van der Waals surface area (Å²) in [5.41, 5.74) is 2.18. The Morgan fingerprint density at radius 3 is 2.68 bits per heavy atom. The number of carboxylic acids is 1. The molecule has 0 spiro atoms. The van der Waals surface area contributed by atoms with Crippen molar-refractivity contribution < 1.29 is 14.6 Å². The van der Waals surface area contributed by atoms with E-state index in [4.69, 9.17) is 9.84 Å². The van der Waals surface area contributed by atoms with E-state index in [1.54, 1.807) is 6.07 Å². The monoisotopic (exact) mass is 255 g/mol. The highest BCUT2D eigenvalue weighted by atomic mass is 16.5. The molecule has 0 bridgehead atoms. The minimum absolute atomic E-state index is 0.324. The van der Waals surface area contributed by atoms with Gasteiger partial charge in [0.25, 0.3) is 0 Å². The first-order valence-electron chi connectivity index (χ1n) is 5.98. The van der Waals surface area contributed by atoms with E-state index in [9.17, 15) is 4.79 Å². The maximum atomic E-state index is 10.5. The Kier molecular flexibility index (Phi) is 2.63. The van der Waals surface area contributed by atoms with E-state index in [0.717, 1.165) is 16.4 Å². The van der Waals surface area contributed by atoms with Crippen molar-refractivity contribution in [3.8, 4) is 5.75 Å². The van der Waals surface area contributed by atoms with E-state index >= 15 is 0 Å². The molecule has 1 heterocycles. The van der Waals surface area contributed by atoms with Crippen LogP contribution in [-0.4, -0.2) is 22.2 Å². The Hall–Kier alpha value is -2.49. The molecule has 96 valence electrons. The van der Waals surface area contributed by atoms with E-state index in [2.05, 4.69) is 16.7 Å². The lowest BCUT2D eigenvalue weighted by Gasteiger charge is -2.04. The number of aliphatic carboxylic acids is 1. The second kappa shape index (κ2) is 4.31. The third kappa shape index (κ3) is 1.91. The molecule has 1 aromatic heterocycles. The minimum atomic E-state index is -0.975. The zero-order valence-corrected chi connectivity index (χ0v) is 10.5. The van der Waals surface area contributed by atoms with Gasteiger partial charge in [0.2, 0.25) is 0 Å². The van der Waals surface area contributed by atoms with Crippen molar-refractivity contribution in [2.45, 2.75) is 0 Å². The van der Waals surface area contributed by atoms with Crippen molar-refractivity contribution >= 4 is 27.8 Å². The average molecular weight is 255 g/mol. The van der Waals surface area contributed by atoms with Gasteiger partial charge < -0.3 is 14.4 Å². The van der Waals surface area contributed by atoms with Crippen molar-refractivity contribution in [1.29, 1.82) is 0 Å². The maximum Gasteiger partial charge on any atom is 0.341 e. The third-order valence-electron chi connectivity index (χ3n) is 3.25. The van der Waals surface area contributed by atoms with Crippen LogP contribution in [0.3, 0.4) is 0 Å². The summed E-state index contributed by atoms with van der Waals surface area (Å²) in [6.07, 6.45) is 0. The van der Waals surface area contributed by atoms with Gasteiger partial charge in [-0.05, 0) is 18.2 Å². The molecule has 0 radical (unpaired) electrons. The van der Waals surface area contributed by atoms with Crippen LogP contribution in [0.15, 0.2) is 42.5 Å². The molecule has 3 aromatic rings. The summed E-state index contributed by atoms with van der Waals surface area (Å²) in [6.45, 7) is -0.324. The Balaban J connectivity index is 2.15. The summed E-state index contributed by atoms with van der Waals surface area (Å²) >= 11 is 0. The average Bonchev–Trinajstić information content (AvgIpc) is 2.71. The Morgan fingerprint density at radius 1 is 1.16 bits per heavy atom. The summed E-state index contributed by atoms with van der Waals surface area (Å²) in [7, 11) is 1.99. The first-order valence-corrected chi connectivity index (χ1v) is 5.98. The van der Waals surface area contributed by atoms with Gasteiger partial charge in [0, 0.05) is 29.4 Å². The molecule has 0 atom stereocenters. The summed E-state index contributed by atoms with van der Waals surface area (Å²) in [5.74, 6) is -0.405. The first kappa shape index (κ1) is 11.6. The van der Waals surface area contributed by atoms with Crippen LogP contribution in [0, 0.1) is 0 Å². The number of rotatable bonds is 3. The molecule has 1 N–H and O–H groups in total. The zero-order valence-electron chi connectivity index (χ0n) is 10.5. The highest BCUT2D eigenvalue weighted by Crippen LogP contribution is 2.30. The normalized spacial score (nSPS) is 11.0. The van der Waals surface area contributed by atoms with Crippen LogP contribution < -0.4 is 4.74 Å². The summed E-state index contributed by atoms with van der Waals surface area (Å²) in [5, 5.41) is 11.0. The fourth-order valence-electron chi connectivity index (χ4n) is 2.38. The van der Waals surface area contributed by atoms with Crippen LogP contribution in [0.1, 0.15) is 0 Å². The summed E-state index contributed by atoms with van der Waals surface area (Å²) < 4.78 is 7.30. The largest absolute Gasteiger partial charge is 0.482 e. The standard InChI is InChI=1S/C15H13NO3/c1-16-13-5-3-2-4-11(13)12-7-6-10(8-14(12)16)19-9-15(17)18/h2-8H,9H2,1H3,(H,17,18). The summed E-state index contributed by atoms with van der Waals surface area (Å²) in [6, 6.07) is 13.8. The maximum absolute atomic E-state index is 10.5. The molecule has 4 nitrogen and oxygen atoms in total. The quantitative estimate of drug-likeness (QED) is 0.783. The lowest BCUT2D eigenvalue weighted by atomic mass is 10.1. The minimum Gasteiger partial charge on any atom is -0.482 e. The predicted molar refractivity (Wildman–Crippen MR) is 73.6 cm³/mol. The van der Waals surface area contributed by atoms with Gasteiger partial charge in [0.15, 0.2) is 6.61 Å². The van der Waals surface area contributed by atoms with E-state index in [1.807, 2.05) is 31.3 Å². The molecule has 19 heavy (non-hydrogen) atoms. The van der Waals surface area contributed by atoms with E-state index in [0.29, 0.717) is 5.75 Å². The van der Waals surface area contributed by atoms with Crippen LogP contribution in [-0.2, 0) is 11.8 Å². The van der Waals surface area contributed by atoms with Crippen LogP contribution in [0.5, 0.6) is 5.75 Å². The molecule has 0 aliphatic carbocycles. The third-order valence-corrected chi connectivity index (χ3v) is 3.25. The van der Waals surface area contributed by atoms with Gasteiger partial charge in [0.1, 0.15) is 5.75 Å². The molecule has 0 aliphatic rings. The van der Waals surface area contributed by atoms with Crippen LogP contribution in [0.25, 0.3) is 21.8 Å². The highest BCUT2D eigenvalue weighted by molar-refractivity contribution is 6.08. The second-order valence-corrected chi connectivity index (χ2v) is 4.44. The van der Waals surface area contributed by atoms with Crippen LogP contribution in [0.2, 0.25) is 0 Å². The van der Waals surface area contributed by atoms with Crippen molar-refractivity contribution in [3.63, 3.8) is 0 Å². The molecule has 2 aromatic carbocycles. The van der Waals surface area contributed by atoms with Crippen molar-refractivity contribution in [1.82, 2.24) is 4.57 Å². The molecule has 0 amide bonds. The number of aryl methyl sites for hydroxylation is 1. The lowest BCUT2D eigenvalue weighted by molar-refractivity contribution is -0.139. The number of hydrogen-bond acceptors (Lipinski definition) is 2. The van der Waals surface area contributed by atoms with Crippen LogP contribution >= 0.6 is 0 Å². The smallest absolute Gasteiger partial charge is 0.341 e. The first-order chi connectivity index (χ1) is 9.16. The number of carboxylic acid groups (broad SMARTS) is 1. The van der Waals surface area contributed by atoms with Gasteiger partial charge >= 0.3 is 5.97 Å². The molecular formula is C15H13NO3. The number of fused-ring (bicyclic) bond motifs is 3. The van der Waals surface area contributed by atoms with Gasteiger partial charge in [0.05, 0.1) is 5.52 Å². The highest BCUT2D eigenvalue weighted by Gasteiger charge is 2.08. The Morgan fingerprint density at radius 2 is 1.89 bits per heavy atom. The molecule has 0 saturated carbocycles. The topological polar surface area (TPSA) is 51.5 Å².